The third kappa shape index (κ3) is 2.82. The molecule has 0 radical (unpaired) electrons. The van der Waals surface area contributed by atoms with Crippen LogP contribution in [0.3, 0.4) is 0 Å². The Hall–Kier alpha value is -2.14. The van der Waals surface area contributed by atoms with Gasteiger partial charge in [-0.2, -0.15) is 0 Å². The molecule has 0 saturated heterocycles. The van der Waals surface area contributed by atoms with E-state index in [4.69, 9.17) is 22.7 Å². The van der Waals surface area contributed by atoms with Gasteiger partial charge in [-0.1, -0.05) is 24.4 Å². The number of aromatic nitrogens is 1. The van der Waals surface area contributed by atoms with Crippen molar-refractivity contribution < 1.29 is 4.74 Å². The van der Waals surface area contributed by atoms with Gasteiger partial charge >= 0.3 is 0 Å². The molecule has 1 aromatic heterocycles. The summed E-state index contributed by atoms with van der Waals surface area (Å²) in [5.41, 5.74) is 6.99. The van der Waals surface area contributed by atoms with Gasteiger partial charge in [0.15, 0.2) is 0 Å². The van der Waals surface area contributed by atoms with E-state index in [0.29, 0.717) is 17.9 Å². The summed E-state index contributed by atoms with van der Waals surface area (Å²) in [5.74, 6) is 0.726. The Balaban J connectivity index is 2.51. The number of H-pyrrole nitrogens is 1. The Morgan fingerprint density at radius 1 is 1.32 bits per heavy atom. The van der Waals surface area contributed by atoms with Crippen LogP contribution in [0.2, 0.25) is 0 Å². The van der Waals surface area contributed by atoms with E-state index in [1.165, 1.54) is 0 Å². The molecule has 1 aromatic carbocycles. The van der Waals surface area contributed by atoms with Gasteiger partial charge in [-0.05, 0) is 31.2 Å². The van der Waals surface area contributed by atoms with Crippen molar-refractivity contribution in [2.45, 2.75) is 6.92 Å². The monoisotopic (exact) mass is 274 g/mol. The molecule has 0 saturated carbocycles. The average Bonchev–Trinajstić information content (AvgIpc) is 2.39. The first-order chi connectivity index (χ1) is 9.13. The minimum Gasteiger partial charge on any atom is -0.493 e. The van der Waals surface area contributed by atoms with Gasteiger partial charge in [-0.3, -0.25) is 4.79 Å². The van der Waals surface area contributed by atoms with Gasteiger partial charge in [0.25, 0.3) is 5.56 Å². The predicted octanol–water partition coefficient (Wildman–Crippen LogP) is 2.07. The van der Waals surface area contributed by atoms with Crippen molar-refractivity contribution in [2.75, 3.05) is 6.61 Å². The van der Waals surface area contributed by atoms with Crippen LogP contribution < -0.4 is 16.0 Å². The number of rotatable bonds is 4. The molecule has 5 heteroatoms. The van der Waals surface area contributed by atoms with E-state index in [1.54, 1.807) is 12.1 Å². The first-order valence-corrected chi connectivity index (χ1v) is 6.29. The Labute approximate surface area is 116 Å². The van der Waals surface area contributed by atoms with Gasteiger partial charge in [0.2, 0.25) is 0 Å². The summed E-state index contributed by atoms with van der Waals surface area (Å²) in [6, 6.07) is 10.9. The number of thiocarbonyl (C=S) groups is 1. The number of benzene rings is 1. The van der Waals surface area contributed by atoms with Crippen molar-refractivity contribution in [3.8, 4) is 17.0 Å². The van der Waals surface area contributed by atoms with E-state index >= 15 is 0 Å². The Bertz CT molecular complexity index is 664. The Kier molecular flexibility index (Phi) is 3.97. The molecule has 2 aromatic rings. The molecule has 3 N–H and O–H groups in total. The first kappa shape index (κ1) is 13.3. The van der Waals surface area contributed by atoms with Crippen LogP contribution >= 0.6 is 12.2 Å². The summed E-state index contributed by atoms with van der Waals surface area (Å²) in [4.78, 5) is 14.7. The van der Waals surface area contributed by atoms with Crippen LogP contribution in [0.1, 0.15) is 12.5 Å². The molecule has 98 valence electrons. The highest BCUT2D eigenvalue weighted by atomic mass is 32.1. The second-order valence-corrected chi connectivity index (χ2v) is 4.35. The number of pyridine rings is 1. The molecule has 2 rings (SSSR count). The zero-order valence-corrected chi connectivity index (χ0v) is 11.3. The number of ether oxygens (including phenoxy) is 1. The number of nitrogens with one attached hydrogen (secondary N) is 1. The maximum absolute atomic E-state index is 11.9. The maximum atomic E-state index is 11.9. The topological polar surface area (TPSA) is 68.1 Å². The third-order valence-electron chi connectivity index (χ3n) is 2.65. The molecular weight excluding hydrogens is 260 g/mol. The fourth-order valence-electron chi connectivity index (χ4n) is 1.80. The Morgan fingerprint density at radius 2 is 2.05 bits per heavy atom. The molecule has 4 nitrogen and oxygen atoms in total. The van der Waals surface area contributed by atoms with Crippen LogP contribution in [0, 0.1) is 0 Å². The predicted molar refractivity (Wildman–Crippen MR) is 79.6 cm³/mol. The standard InChI is InChI=1S/C14H14N2O2S/c1-2-18-12-6-4-3-5-9(12)11-8-7-10(13(15)19)14(17)16-11/h3-8H,2H2,1H3,(H2,15,19)(H,16,17). The molecule has 0 unspecified atom stereocenters. The molecule has 0 atom stereocenters. The van der Waals surface area contributed by atoms with E-state index in [0.717, 1.165) is 11.3 Å². The SMILES string of the molecule is CCOc1ccccc1-c1ccc(C(N)=S)c(=O)[nH]1. The summed E-state index contributed by atoms with van der Waals surface area (Å²) in [5, 5.41) is 0. The van der Waals surface area contributed by atoms with E-state index in [1.807, 2.05) is 31.2 Å². The largest absolute Gasteiger partial charge is 0.493 e. The third-order valence-corrected chi connectivity index (χ3v) is 2.87. The van der Waals surface area contributed by atoms with Gasteiger partial charge in [0, 0.05) is 5.56 Å². The number of para-hydroxylation sites is 1. The van der Waals surface area contributed by atoms with E-state index in [9.17, 15) is 4.79 Å². The normalized spacial score (nSPS) is 10.2. The highest BCUT2D eigenvalue weighted by Gasteiger charge is 2.09. The zero-order chi connectivity index (χ0) is 13.8. The molecule has 0 bridgehead atoms. The molecule has 0 fully saturated rings. The summed E-state index contributed by atoms with van der Waals surface area (Å²) in [7, 11) is 0. The van der Waals surface area contributed by atoms with Crippen molar-refractivity contribution in [3.05, 3.63) is 52.3 Å². The number of hydrogen-bond acceptors (Lipinski definition) is 3. The number of aromatic amines is 1. The quantitative estimate of drug-likeness (QED) is 0.838. The molecule has 19 heavy (non-hydrogen) atoms. The molecular formula is C14H14N2O2S. The smallest absolute Gasteiger partial charge is 0.258 e. The zero-order valence-electron chi connectivity index (χ0n) is 10.5. The van der Waals surface area contributed by atoms with Gasteiger partial charge < -0.3 is 15.5 Å². The number of nitrogens with two attached hydrogens (primary N) is 1. The molecule has 0 aliphatic rings. The fraction of sp³-hybridized carbons (Fsp3) is 0.143. The van der Waals surface area contributed by atoms with Crippen LogP contribution in [-0.4, -0.2) is 16.6 Å². The summed E-state index contributed by atoms with van der Waals surface area (Å²) >= 11 is 4.81. The van der Waals surface area contributed by atoms with Crippen molar-refractivity contribution in [1.29, 1.82) is 0 Å². The van der Waals surface area contributed by atoms with Crippen molar-refractivity contribution in [1.82, 2.24) is 4.98 Å². The van der Waals surface area contributed by atoms with Crippen LogP contribution in [0.5, 0.6) is 5.75 Å². The van der Waals surface area contributed by atoms with Crippen LogP contribution in [0.15, 0.2) is 41.2 Å². The van der Waals surface area contributed by atoms with Gasteiger partial charge in [-0.15, -0.1) is 0 Å². The van der Waals surface area contributed by atoms with E-state index in [-0.39, 0.29) is 10.5 Å². The summed E-state index contributed by atoms with van der Waals surface area (Å²) < 4.78 is 5.54. The lowest BCUT2D eigenvalue weighted by Gasteiger charge is -2.10. The first-order valence-electron chi connectivity index (χ1n) is 5.88. The minimum absolute atomic E-state index is 0.0888. The molecule has 0 spiro atoms. The van der Waals surface area contributed by atoms with Gasteiger partial charge in [0.05, 0.1) is 17.9 Å². The maximum Gasteiger partial charge on any atom is 0.258 e. The minimum atomic E-state index is -0.295. The van der Waals surface area contributed by atoms with Gasteiger partial charge in [-0.25, -0.2) is 0 Å². The lowest BCUT2D eigenvalue weighted by molar-refractivity contribution is 0.341. The van der Waals surface area contributed by atoms with Crippen LogP contribution in [0.25, 0.3) is 11.3 Å². The van der Waals surface area contributed by atoms with Crippen molar-refractivity contribution in [3.63, 3.8) is 0 Å². The second-order valence-electron chi connectivity index (χ2n) is 3.91. The van der Waals surface area contributed by atoms with Gasteiger partial charge in [0.1, 0.15) is 10.7 Å². The molecule has 1 heterocycles. The fourth-order valence-corrected chi connectivity index (χ4v) is 1.96. The van der Waals surface area contributed by atoms with Crippen LogP contribution in [-0.2, 0) is 0 Å². The Morgan fingerprint density at radius 3 is 2.68 bits per heavy atom. The highest BCUT2D eigenvalue weighted by molar-refractivity contribution is 7.80. The summed E-state index contributed by atoms with van der Waals surface area (Å²) in [6.45, 7) is 2.47. The lowest BCUT2D eigenvalue weighted by atomic mass is 10.1. The summed E-state index contributed by atoms with van der Waals surface area (Å²) in [6.07, 6.45) is 0. The average molecular weight is 274 g/mol. The molecule has 0 aliphatic carbocycles. The van der Waals surface area contributed by atoms with Crippen molar-refractivity contribution >= 4 is 17.2 Å². The second kappa shape index (κ2) is 5.67. The number of hydrogen-bond donors (Lipinski definition) is 2. The highest BCUT2D eigenvalue weighted by Crippen LogP contribution is 2.27. The van der Waals surface area contributed by atoms with Crippen molar-refractivity contribution in [2.24, 2.45) is 5.73 Å². The van der Waals surface area contributed by atoms with Crippen LogP contribution in [0.4, 0.5) is 0 Å². The lowest BCUT2D eigenvalue weighted by Crippen LogP contribution is -2.22. The molecule has 0 aliphatic heterocycles. The molecule has 0 amide bonds. The van der Waals surface area contributed by atoms with E-state index in [2.05, 4.69) is 4.98 Å². The van der Waals surface area contributed by atoms with E-state index < -0.39 is 0 Å².